The maximum Gasteiger partial charge on any atom is 0.308 e. The molecule has 0 saturated heterocycles. The van der Waals surface area contributed by atoms with E-state index in [2.05, 4.69) is 13.5 Å². The SMILES string of the molecule is C=C1[C@@H](OC(=O)CC(c2ccccc2)N(C)C)CC[C@]2(C)[C@@H]1C[C@@]1(C(C)(C)O)C[C@H](OC(C)=O)C(C)=C1[C@@H](OCc1ccccc1)[C@@H]2OC(C)=O. The third kappa shape index (κ3) is 7.71. The molecule has 2 saturated carbocycles. The molecular formula is C42H55NO8. The summed E-state index contributed by atoms with van der Waals surface area (Å²) in [4.78, 5) is 41.0. The van der Waals surface area contributed by atoms with Crippen LogP contribution in [-0.2, 0) is 39.9 Å². The normalized spacial score (nSPS) is 29.8. The lowest BCUT2D eigenvalue weighted by atomic mass is 9.57. The van der Waals surface area contributed by atoms with Crippen LogP contribution >= 0.6 is 0 Å². The summed E-state index contributed by atoms with van der Waals surface area (Å²) in [6.07, 6.45) is -0.811. The van der Waals surface area contributed by atoms with E-state index in [0.717, 1.165) is 27.8 Å². The topological polar surface area (TPSA) is 112 Å². The van der Waals surface area contributed by atoms with Gasteiger partial charge >= 0.3 is 17.9 Å². The van der Waals surface area contributed by atoms with Gasteiger partial charge in [-0.15, -0.1) is 0 Å². The molecule has 0 heterocycles. The van der Waals surface area contributed by atoms with Gasteiger partial charge in [0.15, 0.2) is 0 Å². The average molecular weight is 702 g/mol. The van der Waals surface area contributed by atoms with Crippen molar-refractivity contribution in [2.75, 3.05) is 14.1 Å². The van der Waals surface area contributed by atoms with Gasteiger partial charge in [-0.3, -0.25) is 14.4 Å². The molecular weight excluding hydrogens is 646 g/mol. The van der Waals surface area contributed by atoms with Gasteiger partial charge in [-0.25, -0.2) is 0 Å². The predicted octanol–water partition coefficient (Wildman–Crippen LogP) is 6.89. The number of carbonyl (C=O) groups is 3. The molecule has 0 aromatic heterocycles. The molecule has 5 rings (SSSR count). The molecule has 0 radical (unpaired) electrons. The third-order valence-corrected chi connectivity index (χ3v) is 11.8. The van der Waals surface area contributed by atoms with E-state index in [-0.39, 0.29) is 31.0 Å². The summed E-state index contributed by atoms with van der Waals surface area (Å²) in [5, 5.41) is 12.2. The van der Waals surface area contributed by atoms with Gasteiger partial charge in [0.05, 0.1) is 18.6 Å². The van der Waals surface area contributed by atoms with Crippen LogP contribution in [0.5, 0.6) is 0 Å². The summed E-state index contributed by atoms with van der Waals surface area (Å²) in [5.41, 5.74) is 1.28. The Balaban J connectivity index is 1.57. The van der Waals surface area contributed by atoms with Gasteiger partial charge in [0, 0.05) is 37.1 Å². The molecule has 0 bridgehead atoms. The first-order chi connectivity index (χ1) is 24.0. The second-order valence-corrected chi connectivity index (χ2v) is 15.7. The van der Waals surface area contributed by atoms with Gasteiger partial charge < -0.3 is 29.0 Å². The number of carbonyl (C=O) groups excluding carboxylic acids is 3. The molecule has 0 amide bonds. The molecule has 51 heavy (non-hydrogen) atoms. The fraction of sp³-hybridized carbons (Fsp3) is 0.548. The Labute approximate surface area is 303 Å². The van der Waals surface area contributed by atoms with E-state index in [1.807, 2.05) is 86.6 Å². The number of ether oxygens (including phenoxy) is 4. The zero-order chi connectivity index (χ0) is 37.3. The van der Waals surface area contributed by atoms with Crippen LogP contribution in [-0.4, -0.2) is 72.0 Å². The molecule has 1 N–H and O–H groups in total. The van der Waals surface area contributed by atoms with Crippen molar-refractivity contribution in [1.82, 2.24) is 4.90 Å². The molecule has 8 atom stereocenters. The van der Waals surface area contributed by atoms with E-state index in [1.54, 1.807) is 13.8 Å². The maximum absolute atomic E-state index is 13.7. The van der Waals surface area contributed by atoms with Crippen LogP contribution < -0.4 is 0 Å². The van der Waals surface area contributed by atoms with Crippen molar-refractivity contribution < 1.29 is 38.4 Å². The standard InChI is InChI=1S/C42H55NO8/c1-26-32-23-42(40(5,6)47)24-35(49-28(3)44)27(2)37(42)38(48-25-30-16-12-10-13-17-30)39(50-29(4)45)41(32,7)21-20-34(26)51-36(46)22-33(43(8)9)31-18-14-11-15-19-31/h10-19,32-35,38-39,47H,1,20-25H2,2-9H3/t32-,33?,34+,35+,38-,39+,41-,42-/m1/s1. The van der Waals surface area contributed by atoms with Gasteiger partial charge in [0.2, 0.25) is 0 Å². The largest absolute Gasteiger partial charge is 0.459 e. The summed E-state index contributed by atoms with van der Waals surface area (Å²) in [7, 11) is 3.89. The van der Waals surface area contributed by atoms with E-state index in [9.17, 15) is 19.5 Å². The summed E-state index contributed by atoms with van der Waals surface area (Å²) < 4.78 is 25.3. The van der Waals surface area contributed by atoms with Crippen molar-refractivity contribution in [3.63, 3.8) is 0 Å². The molecule has 276 valence electrons. The number of hydrogen-bond donors (Lipinski definition) is 1. The quantitative estimate of drug-likeness (QED) is 0.152. The summed E-state index contributed by atoms with van der Waals surface area (Å²) in [6.45, 7) is 15.2. The Morgan fingerprint density at radius 3 is 2.12 bits per heavy atom. The molecule has 1 unspecified atom stereocenters. The number of esters is 3. The highest BCUT2D eigenvalue weighted by atomic mass is 16.6. The molecule has 9 nitrogen and oxygen atoms in total. The van der Waals surface area contributed by atoms with Crippen molar-refractivity contribution >= 4 is 17.9 Å². The molecule has 0 aliphatic heterocycles. The monoisotopic (exact) mass is 701 g/mol. The highest BCUT2D eigenvalue weighted by Gasteiger charge is 2.66. The van der Waals surface area contributed by atoms with Gasteiger partial charge in [0.1, 0.15) is 24.4 Å². The lowest BCUT2D eigenvalue weighted by Crippen LogP contribution is -2.52. The van der Waals surface area contributed by atoms with E-state index in [0.29, 0.717) is 25.7 Å². The van der Waals surface area contributed by atoms with Gasteiger partial charge in [0.25, 0.3) is 0 Å². The van der Waals surface area contributed by atoms with Crippen LogP contribution in [0.4, 0.5) is 0 Å². The smallest absolute Gasteiger partial charge is 0.308 e. The number of fused-ring (bicyclic) bond motifs is 2. The fourth-order valence-corrected chi connectivity index (χ4v) is 9.06. The number of aliphatic hydroxyl groups is 1. The Kier molecular flexibility index (Phi) is 11.3. The van der Waals surface area contributed by atoms with Crippen molar-refractivity contribution in [2.24, 2.45) is 16.7 Å². The Morgan fingerprint density at radius 1 is 0.941 bits per heavy atom. The minimum Gasteiger partial charge on any atom is -0.459 e. The zero-order valence-corrected chi connectivity index (χ0v) is 31.4. The molecule has 3 aliphatic rings. The summed E-state index contributed by atoms with van der Waals surface area (Å²) >= 11 is 0. The van der Waals surface area contributed by atoms with Gasteiger partial charge in [-0.2, -0.15) is 0 Å². The lowest BCUT2D eigenvalue weighted by Gasteiger charge is -2.50. The van der Waals surface area contributed by atoms with Crippen molar-refractivity contribution in [3.8, 4) is 0 Å². The van der Waals surface area contributed by atoms with Crippen LogP contribution in [0.2, 0.25) is 0 Å². The second-order valence-electron chi connectivity index (χ2n) is 15.7. The minimum atomic E-state index is -1.32. The van der Waals surface area contributed by atoms with Crippen LogP contribution in [0, 0.1) is 16.7 Å². The minimum absolute atomic E-state index is 0.165. The number of hydrogen-bond acceptors (Lipinski definition) is 9. The second kappa shape index (κ2) is 15.1. The Hall–Kier alpha value is -3.79. The molecule has 0 spiro atoms. The number of rotatable bonds is 11. The van der Waals surface area contributed by atoms with E-state index in [4.69, 9.17) is 18.9 Å². The van der Waals surface area contributed by atoms with Gasteiger partial charge in [-0.1, -0.05) is 74.2 Å². The maximum atomic E-state index is 13.7. The van der Waals surface area contributed by atoms with Crippen molar-refractivity contribution in [2.45, 2.75) is 116 Å². The lowest BCUT2D eigenvalue weighted by molar-refractivity contribution is -0.173. The van der Waals surface area contributed by atoms with Gasteiger partial charge in [-0.05, 0) is 87.9 Å². The van der Waals surface area contributed by atoms with Crippen molar-refractivity contribution in [3.05, 3.63) is 95.1 Å². The average Bonchev–Trinajstić information content (AvgIpc) is 3.29. The van der Waals surface area contributed by atoms with Crippen molar-refractivity contribution in [1.29, 1.82) is 0 Å². The first kappa shape index (κ1) is 38.4. The summed E-state index contributed by atoms with van der Waals surface area (Å²) in [5.74, 6) is -1.56. The molecule has 3 aliphatic carbocycles. The Bertz CT molecular complexity index is 1630. The first-order valence-electron chi connectivity index (χ1n) is 18.0. The predicted molar refractivity (Wildman–Crippen MR) is 194 cm³/mol. The van der Waals surface area contributed by atoms with Crippen LogP contribution in [0.25, 0.3) is 0 Å². The molecule has 2 fully saturated rings. The van der Waals surface area contributed by atoms with Crippen LogP contribution in [0.3, 0.4) is 0 Å². The van der Waals surface area contributed by atoms with Crippen LogP contribution in [0.15, 0.2) is 84.0 Å². The van der Waals surface area contributed by atoms with Crippen LogP contribution in [0.1, 0.15) is 90.8 Å². The first-order valence-corrected chi connectivity index (χ1v) is 18.0. The zero-order valence-electron chi connectivity index (χ0n) is 31.4. The third-order valence-electron chi connectivity index (χ3n) is 11.8. The number of nitrogens with zero attached hydrogens (tertiary/aromatic N) is 1. The highest BCUT2D eigenvalue weighted by molar-refractivity contribution is 5.71. The van der Waals surface area contributed by atoms with E-state index in [1.165, 1.54) is 13.8 Å². The van der Waals surface area contributed by atoms with E-state index >= 15 is 0 Å². The molecule has 9 heteroatoms. The molecule has 2 aromatic rings. The Morgan fingerprint density at radius 2 is 1.55 bits per heavy atom. The fourth-order valence-electron chi connectivity index (χ4n) is 9.06. The summed E-state index contributed by atoms with van der Waals surface area (Å²) in [6, 6.07) is 19.5. The molecule has 2 aromatic carbocycles. The number of benzene rings is 2. The van der Waals surface area contributed by atoms with E-state index < -0.39 is 52.8 Å². The highest BCUT2D eigenvalue weighted by Crippen LogP contribution is 2.65.